The maximum absolute atomic E-state index is 11.7. The molecule has 7 nitrogen and oxygen atoms in total. The van der Waals surface area contributed by atoms with Crippen molar-refractivity contribution in [2.45, 2.75) is 19.5 Å². The minimum Gasteiger partial charge on any atom is -0.502 e. The molecule has 0 amide bonds. The highest BCUT2D eigenvalue weighted by atomic mass is 16.6. The Bertz CT molecular complexity index is 770. The molecule has 1 aromatic carbocycles. The van der Waals surface area contributed by atoms with Gasteiger partial charge in [0.25, 0.3) is 0 Å². The van der Waals surface area contributed by atoms with Gasteiger partial charge in [0.1, 0.15) is 0 Å². The second-order valence-electron chi connectivity index (χ2n) is 5.31. The normalized spacial score (nSPS) is 14.5. The van der Waals surface area contributed by atoms with Crippen LogP contribution in [0.25, 0.3) is 0 Å². The van der Waals surface area contributed by atoms with Gasteiger partial charge in [-0.1, -0.05) is 30.3 Å². The summed E-state index contributed by atoms with van der Waals surface area (Å²) in [6.07, 6.45) is 0.545. The molecule has 114 valence electrons. The third-order valence-corrected chi connectivity index (χ3v) is 3.85. The molecule has 0 aliphatic carbocycles. The highest BCUT2D eigenvalue weighted by Gasteiger charge is 2.29. The first-order chi connectivity index (χ1) is 10.6. The van der Waals surface area contributed by atoms with E-state index in [1.54, 1.807) is 0 Å². The van der Waals surface area contributed by atoms with E-state index in [-0.39, 0.29) is 0 Å². The Morgan fingerprint density at radius 3 is 2.73 bits per heavy atom. The number of aromatic amines is 1. The van der Waals surface area contributed by atoms with Crippen molar-refractivity contribution in [1.29, 1.82) is 0 Å². The van der Waals surface area contributed by atoms with Gasteiger partial charge in [0, 0.05) is 37.3 Å². The monoisotopic (exact) mass is 301 g/mol. The number of fused-ring (bicyclic) bond motifs is 1. The lowest BCUT2D eigenvalue weighted by molar-refractivity contribution is -0.387. The number of rotatable bonds is 3. The Morgan fingerprint density at radius 1 is 1.32 bits per heavy atom. The lowest BCUT2D eigenvalue weighted by atomic mass is 10.0. The SMILES string of the molecule is O=c1[nH]c2c(c(O)c1[N+](=O)[O-])CN(Cc1ccccc1)CC2. The Hall–Kier alpha value is -2.67. The molecule has 2 N–H and O–H groups in total. The summed E-state index contributed by atoms with van der Waals surface area (Å²) in [5.41, 5.74) is 0.522. The Balaban J connectivity index is 1.90. The summed E-state index contributed by atoms with van der Waals surface area (Å²) >= 11 is 0. The maximum Gasteiger partial charge on any atom is 0.375 e. The van der Waals surface area contributed by atoms with Gasteiger partial charge >= 0.3 is 11.2 Å². The van der Waals surface area contributed by atoms with Gasteiger partial charge in [0.15, 0.2) is 0 Å². The maximum atomic E-state index is 11.7. The summed E-state index contributed by atoms with van der Waals surface area (Å²) in [6.45, 7) is 1.77. The van der Waals surface area contributed by atoms with Crippen LogP contribution in [0, 0.1) is 10.1 Å². The molecule has 3 rings (SSSR count). The zero-order valence-electron chi connectivity index (χ0n) is 11.8. The highest BCUT2D eigenvalue weighted by molar-refractivity contribution is 5.51. The summed E-state index contributed by atoms with van der Waals surface area (Å²) in [5, 5.41) is 21.0. The first-order valence-electron chi connectivity index (χ1n) is 6.94. The van der Waals surface area contributed by atoms with Crippen LogP contribution >= 0.6 is 0 Å². The van der Waals surface area contributed by atoms with E-state index in [2.05, 4.69) is 9.88 Å². The van der Waals surface area contributed by atoms with Crippen LogP contribution in [0.4, 0.5) is 5.69 Å². The molecule has 2 aromatic rings. The molecule has 1 aliphatic heterocycles. The van der Waals surface area contributed by atoms with E-state index >= 15 is 0 Å². The van der Waals surface area contributed by atoms with E-state index in [1.165, 1.54) is 0 Å². The Kier molecular flexibility index (Phi) is 3.64. The van der Waals surface area contributed by atoms with Crippen LogP contribution in [0.1, 0.15) is 16.8 Å². The van der Waals surface area contributed by atoms with Gasteiger partial charge in [-0.3, -0.25) is 19.8 Å². The average molecular weight is 301 g/mol. The molecule has 0 radical (unpaired) electrons. The number of aromatic nitrogens is 1. The number of hydrogen-bond donors (Lipinski definition) is 2. The van der Waals surface area contributed by atoms with Crippen LogP contribution in [0.3, 0.4) is 0 Å². The molecule has 0 fully saturated rings. The van der Waals surface area contributed by atoms with E-state index in [0.717, 1.165) is 12.1 Å². The van der Waals surface area contributed by atoms with Crippen molar-refractivity contribution in [3.8, 4) is 5.75 Å². The van der Waals surface area contributed by atoms with Crippen molar-refractivity contribution >= 4 is 5.69 Å². The number of aromatic hydroxyl groups is 1. The molecule has 7 heteroatoms. The molecule has 0 saturated heterocycles. The number of nitro groups is 1. The lowest BCUT2D eigenvalue weighted by Crippen LogP contribution is -2.32. The van der Waals surface area contributed by atoms with Crippen LogP contribution in [-0.2, 0) is 19.5 Å². The standard InChI is InChI=1S/C15H15N3O4/c19-14-11-9-17(8-10-4-2-1-3-5-10)7-6-12(11)16-15(20)13(14)18(21)22/h1-5H,6-9H2,(H2,16,19,20). The molecule has 0 saturated carbocycles. The fourth-order valence-electron chi connectivity index (χ4n) is 2.77. The van der Waals surface area contributed by atoms with Crippen molar-refractivity contribution in [3.05, 3.63) is 67.6 Å². The van der Waals surface area contributed by atoms with Gasteiger partial charge in [0.05, 0.1) is 4.92 Å². The minimum atomic E-state index is -0.849. The number of hydrogen-bond acceptors (Lipinski definition) is 5. The lowest BCUT2D eigenvalue weighted by Gasteiger charge is -2.28. The molecule has 0 unspecified atom stereocenters. The molecule has 2 heterocycles. The van der Waals surface area contributed by atoms with Gasteiger partial charge in [-0.15, -0.1) is 0 Å². The first-order valence-corrected chi connectivity index (χ1v) is 6.94. The van der Waals surface area contributed by atoms with Gasteiger partial charge in [0.2, 0.25) is 5.75 Å². The van der Waals surface area contributed by atoms with Crippen molar-refractivity contribution in [3.63, 3.8) is 0 Å². The van der Waals surface area contributed by atoms with Crippen molar-refractivity contribution < 1.29 is 10.0 Å². The second kappa shape index (κ2) is 5.61. The number of H-pyrrole nitrogens is 1. The fraction of sp³-hybridized carbons (Fsp3) is 0.267. The van der Waals surface area contributed by atoms with E-state index in [1.807, 2.05) is 30.3 Å². The summed E-state index contributed by atoms with van der Waals surface area (Å²) in [7, 11) is 0. The van der Waals surface area contributed by atoms with Gasteiger partial charge < -0.3 is 10.1 Å². The third-order valence-electron chi connectivity index (χ3n) is 3.85. The number of nitrogens with one attached hydrogen (secondary N) is 1. The zero-order chi connectivity index (χ0) is 15.7. The average Bonchev–Trinajstić information content (AvgIpc) is 2.49. The Labute approximate surface area is 126 Å². The predicted molar refractivity (Wildman–Crippen MR) is 79.6 cm³/mol. The molecule has 0 bridgehead atoms. The summed E-state index contributed by atoms with van der Waals surface area (Å²) in [4.78, 5) is 26.3. The number of nitrogens with zero attached hydrogens (tertiary/aromatic N) is 2. The molecule has 0 atom stereocenters. The topological polar surface area (TPSA) is 99.5 Å². The minimum absolute atomic E-state index is 0.369. The molecular weight excluding hydrogens is 286 g/mol. The van der Waals surface area contributed by atoms with Crippen LogP contribution in [0.5, 0.6) is 5.75 Å². The Morgan fingerprint density at radius 2 is 2.05 bits per heavy atom. The molecular formula is C15H15N3O4. The first kappa shape index (κ1) is 14.3. The number of benzene rings is 1. The second-order valence-corrected chi connectivity index (χ2v) is 5.31. The quantitative estimate of drug-likeness (QED) is 0.662. The van der Waals surface area contributed by atoms with Crippen LogP contribution in [-0.4, -0.2) is 26.5 Å². The molecule has 0 spiro atoms. The largest absolute Gasteiger partial charge is 0.502 e. The van der Waals surface area contributed by atoms with E-state index in [4.69, 9.17) is 0 Å². The van der Waals surface area contributed by atoms with Crippen LogP contribution in [0.15, 0.2) is 35.1 Å². The smallest absolute Gasteiger partial charge is 0.375 e. The van der Waals surface area contributed by atoms with Gasteiger partial charge in [-0.25, -0.2) is 0 Å². The summed E-state index contributed by atoms with van der Waals surface area (Å²) in [5.74, 6) is -0.512. The molecule has 22 heavy (non-hydrogen) atoms. The van der Waals surface area contributed by atoms with Crippen LogP contribution in [0.2, 0.25) is 0 Å². The van der Waals surface area contributed by atoms with E-state index in [0.29, 0.717) is 30.8 Å². The summed E-state index contributed by atoms with van der Waals surface area (Å²) in [6, 6.07) is 9.85. The summed E-state index contributed by atoms with van der Waals surface area (Å²) < 4.78 is 0. The third kappa shape index (κ3) is 2.58. The number of pyridine rings is 1. The predicted octanol–water partition coefficient (Wildman–Crippen LogP) is 1.55. The van der Waals surface area contributed by atoms with Crippen molar-refractivity contribution in [1.82, 2.24) is 9.88 Å². The fourth-order valence-corrected chi connectivity index (χ4v) is 2.77. The molecule has 1 aromatic heterocycles. The zero-order valence-corrected chi connectivity index (χ0v) is 11.8. The van der Waals surface area contributed by atoms with Gasteiger partial charge in [-0.05, 0) is 5.56 Å². The van der Waals surface area contributed by atoms with E-state index < -0.39 is 21.9 Å². The van der Waals surface area contributed by atoms with Crippen LogP contribution < -0.4 is 5.56 Å². The van der Waals surface area contributed by atoms with Crippen molar-refractivity contribution in [2.24, 2.45) is 0 Å². The highest BCUT2D eigenvalue weighted by Crippen LogP contribution is 2.31. The van der Waals surface area contributed by atoms with E-state index in [9.17, 15) is 20.0 Å². The molecule has 1 aliphatic rings. The van der Waals surface area contributed by atoms with Crippen molar-refractivity contribution in [2.75, 3.05) is 6.54 Å². The van der Waals surface area contributed by atoms with Gasteiger partial charge in [-0.2, -0.15) is 0 Å².